The van der Waals surface area contributed by atoms with Crippen LogP contribution in [0.2, 0.25) is 0 Å². The third kappa shape index (κ3) is 3.85. The van der Waals surface area contributed by atoms with Crippen molar-refractivity contribution in [2.45, 2.75) is 19.9 Å². The van der Waals surface area contributed by atoms with Crippen molar-refractivity contribution in [3.63, 3.8) is 0 Å². The van der Waals surface area contributed by atoms with Gasteiger partial charge in [-0.3, -0.25) is 14.0 Å². The molecule has 1 amide bonds. The fourth-order valence-corrected chi connectivity index (χ4v) is 3.43. The summed E-state index contributed by atoms with van der Waals surface area (Å²) in [6.45, 7) is 3.03. The van der Waals surface area contributed by atoms with Crippen molar-refractivity contribution in [1.82, 2.24) is 24.6 Å². The lowest BCUT2D eigenvalue weighted by molar-refractivity contribution is 0.0947. The number of nitrogens with one attached hydrogen (secondary N) is 2. The molecule has 4 aromatic rings. The van der Waals surface area contributed by atoms with Crippen molar-refractivity contribution in [3.05, 3.63) is 76.3 Å². The fraction of sp³-hybridized carbons (Fsp3) is 0.227. The van der Waals surface area contributed by atoms with Crippen molar-refractivity contribution >= 4 is 16.9 Å². The molecule has 148 valence electrons. The molecular formula is C22H23N5O2. The highest BCUT2D eigenvalue weighted by Crippen LogP contribution is 2.20. The summed E-state index contributed by atoms with van der Waals surface area (Å²) in [5.74, 6) is -0.217. The number of nitrogens with zero attached hydrogens (tertiary/aromatic N) is 3. The lowest BCUT2D eigenvalue weighted by Crippen LogP contribution is -2.27. The second-order valence-corrected chi connectivity index (χ2v) is 7.11. The van der Waals surface area contributed by atoms with Gasteiger partial charge in [-0.15, -0.1) is 0 Å². The topological polar surface area (TPSA) is 84.7 Å². The van der Waals surface area contributed by atoms with E-state index >= 15 is 0 Å². The van der Waals surface area contributed by atoms with Crippen molar-refractivity contribution in [1.29, 1.82) is 0 Å². The quantitative estimate of drug-likeness (QED) is 0.497. The standard InChI is InChI=1S/C22H23N5O2/c1-15-8-10-16(11-9-15)20-14-18(25-26(20)2)21(28)23-12-5-13-27-19-7-4-3-6-17(19)24-22(27)29/h3-4,6-11,14H,5,12-13H2,1-2H3,(H,23,28)(H,24,29). The lowest BCUT2D eigenvalue weighted by Gasteiger charge is -2.05. The van der Waals surface area contributed by atoms with E-state index in [0.29, 0.717) is 25.2 Å². The number of fused-ring (bicyclic) bond motifs is 1. The van der Waals surface area contributed by atoms with Crippen LogP contribution in [-0.2, 0) is 13.6 Å². The first-order valence-corrected chi connectivity index (χ1v) is 9.60. The predicted molar refractivity (Wildman–Crippen MR) is 113 cm³/mol. The molecule has 0 unspecified atom stereocenters. The second kappa shape index (κ2) is 7.79. The molecule has 0 fully saturated rings. The molecule has 0 bridgehead atoms. The molecule has 0 atom stereocenters. The van der Waals surface area contributed by atoms with E-state index in [1.54, 1.807) is 15.3 Å². The molecule has 0 aliphatic rings. The van der Waals surface area contributed by atoms with E-state index in [-0.39, 0.29) is 11.6 Å². The molecule has 2 aromatic heterocycles. The number of hydrogen-bond donors (Lipinski definition) is 2. The molecule has 2 N–H and O–H groups in total. The highest BCUT2D eigenvalue weighted by atomic mass is 16.2. The summed E-state index contributed by atoms with van der Waals surface area (Å²) >= 11 is 0. The maximum Gasteiger partial charge on any atom is 0.326 e. The number of aromatic nitrogens is 4. The molecule has 7 nitrogen and oxygen atoms in total. The summed E-state index contributed by atoms with van der Waals surface area (Å²) in [4.78, 5) is 27.4. The summed E-state index contributed by atoms with van der Waals surface area (Å²) < 4.78 is 3.41. The van der Waals surface area contributed by atoms with Crippen molar-refractivity contribution < 1.29 is 4.79 Å². The Morgan fingerprint density at radius 1 is 1.14 bits per heavy atom. The van der Waals surface area contributed by atoms with Gasteiger partial charge in [0.2, 0.25) is 0 Å². The van der Waals surface area contributed by atoms with Gasteiger partial charge in [-0.25, -0.2) is 4.79 Å². The van der Waals surface area contributed by atoms with Crippen LogP contribution in [0.5, 0.6) is 0 Å². The number of carbonyl (C=O) groups excluding carboxylic acids is 1. The van der Waals surface area contributed by atoms with Crippen LogP contribution in [0.1, 0.15) is 22.5 Å². The molecule has 0 aliphatic heterocycles. The summed E-state index contributed by atoms with van der Waals surface area (Å²) in [5, 5.41) is 7.23. The van der Waals surface area contributed by atoms with Gasteiger partial charge in [0.1, 0.15) is 0 Å². The normalized spacial score (nSPS) is 11.1. The number of carbonyl (C=O) groups is 1. The van der Waals surface area contributed by atoms with E-state index < -0.39 is 0 Å². The highest BCUT2D eigenvalue weighted by Gasteiger charge is 2.14. The first-order chi connectivity index (χ1) is 14.0. The maximum absolute atomic E-state index is 12.5. The summed E-state index contributed by atoms with van der Waals surface area (Å²) in [6.07, 6.45) is 0.644. The Kier molecular flexibility index (Phi) is 5.03. The van der Waals surface area contributed by atoms with Gasteiger partial charge in [0, 0.05) is 20.1 Å². The molecule has 7 heteroatoms. The van der Waals surface area contributed by atoms with Gasteiger partial charge in [0.05, 0.1) is 16.7 Å². The van der Waals surface area contributed by atoms with Crippen LogP contribution in [0.3, 0.4) is 0 Å². The number of benzene rings is 2. The smallest absolute Gasteiger partial charge is 0.326 e. The minimum Gasteiger partial charge on any atom is -0.351 e. The number of H-pyrrole nitrogens is 1. The van der Waals surface area contributed by atoms with Crippen LogP contribution in [0, 0.1) is 6.92 Å². The Morgan fingerprint density at radius 3 is 2.69 bits per heavy atom. The monoisotopic (exact) mass is 389 g/mol. The van der Waals surface area contributed by atoms with Crippen LogP contribution in [0.25, 0.3) is 22.3 Å². The summed E-state index contributed by atoms with van der Waals surface area (Å²) in [5.41, 5.74) is 5.03. The first-order valence-electron chi connectivity index (χ1n) is 9.60. The first kappa shape index (κ1) is 18.7. The Labute approximate surface area is 168 Å². The minimum atomic E-state index is -0.217. The van der Waals surface area contributed by atoms with Crippen molar-refractivity contribution in [3.8, 4) is 11.3 Å². The van der Waals surface area contributed by atoms with Gasteiger partial charge >= 0.3 is 5.69 Å². The predicted octanol–water partition coefficient (Wildman–Crippen LogP) is 2.86. The summed E-state index contributed by atoms with van der Waals surface area (Å²) in [7, 11) is 1.83. The Bertz CT molecular complexity index is 1210. The second-order valence-electron chi connectivity index (χ2n) is 7.11. The van der Waals surface area contributed by atoms with Crippen LogP contribution in [0.4, 0.5) is 0 Å². The SMILES string of the molecule is Cc1ccc(-c2cc(C(=O)NCCCn3c(=O)[nH]c4ccccc43)nn2C)cc1. The number of aromatic amines is 1. The molecule has 29 heavy (non-hydrogen) atoms. The molecule has 0 aliphatic carbocycles. The van der Waals surface area contributed by atoms with Crippen molar-refractivity contribution in [2.75, 3.05) is 6.54 Å². The van der Waals surface area contributed by atoms with Gasteiger partial charge in [0.25, 0.3) is 5.91 Å². The Balaban J connectivity index is 1.38. The molecule has 4 rings (SSSR count). The lowest BCUT2D eigenvalue weighted by atomic mass is 10.1. The number of imidazole rings is 1. The average molecular weight is 389 g/mol. The minimum absolute atomic E-state index is 0.134. The summed E-state index contributed by atoms with van der Waals surface area (Å²) in [6, 6.07) is 17.5. The average Bonchev–Trinajstić information content (AvgIpc) is 3.25. The number of hydrogen-bond acceptors (Lipinski definition) is 3. The molecule has 0 radical (unpaired) electrons. The van der Waals surface area contributed by atoms with Gasteiger partial charge in [-0.1, -0.05) is 42.0 Å². The number of amides is 1. The molecule has 0 spiro atoms. The molecule has 2 aromatic carbocycles. The van der Waals surface area contributed by atoms with E-state index in [2.05, 4.69) is 15.4 Å². The van der Waals surface area contributed by atoms with Crippen molar-refractivity contribution in [2.24, 2.45) is 7.05 Å². The van der Waals surface area contributed by atoms with Crippen LogP contribution < -0.4 is 11.0 Å². The van der Waals surface area contributed by atoms with Gasteiger partial charge in [-0.2, -0.15) is 5.10 Å². The zero-order valence-corrected chi connectivity index (χ0v) is 16.5. The van der Waals surface area contributed by atoms with E-state index in [4.69, 9.17) is 0 Å². The third-order valence-corrected chi connectivity index (χ3v) is 4.99. The highest BCUT2D eigenvalue weighted by molar-refractivity contribution is 5.93. The van der Waals surface area contributed by atoms with Gasteiger partial charge in [-0.05, 0) is 37.1 Å². The Hall–Kier alpha value is -3.61. The van der Waals surface area contributed by atoms with E-state index in [1.807, 2.05) is 62.5 Å². The van der Waals surface area contributed by atoms with Crippen LogP contribution in [0.15, 0.2) is 59.4 Å². The van der Waals surface area contributed by atoms with Gasteiger partial charge in [0.15, 0.2) is 5.69 Å². The molecule has 0 saturated heterocycles. The zero-order chi connectivity index (χ0) is 20.4. The van der Waals surface area contributed by atoms with Crippen LogP contribution in [-0.4, -0.2) is 31.8 Å². The van der Waals surface area contributed by atoms with E-state index in [9.17, 15) is 9.59 Å². The van der Waals surface area contributed by atoms with Crippen LogP contribution >= 0.6 is 0 Å². The van der Waals surface area contributed by atoms with E-state index in [0.717, 1.165) is 22.3 Å². The molecule has 0 saturated carbocycles. The van der Waals surface area contributed by atoms with E-state index in [1.165, 1.54) is 5.56 Å². The zero-order valence-electron chi connectivity index (χ0n) is 16.5. The molecular weight excluding hydrogens is 366 g/mol. The Morgan fingerprint density at radius 2 is 1.90 bits per heavy atom. The fourth-order valence-electron chi connectivity index (χ4n) is 3.43. The number of para-hydroxylation sites is 2. The number of rotatable bonds is 6. The molecule has 2 heterocycles. The van der Waals surface area contributed by atoms with Gasteiger partial charge < -0.3 is 10.3 Å². The third-order valence-electron chi connectivity index (χ3n) is 4.99. The largest absolute Gasteiger partial charge is 0.351 e. The number of aryl methyl sites for hydroxylation is 3. The maximum atomic E-state index is 12.5.